The molecule has 0 atom stereocenters. The molecule has 55 heavy (non-hydrogen) atoms. The first-order valence-electron chi connectivity index (χ1n) is 20.1. The smallest absolute Gasteiger partial charge is 0.330 e. The van der Waals surface area contributed by atoms with Gasteiger partial charge in [-0.1, -0.05) is 0 Å². The van der Waals surface area contributed by atoms with E-state index in [1.54, 1.807) is 0 Å². The molecule has 14 heteroatoms. The van der Waals surface area contributed by atoms with Gasteiger partial charge in [0, 0.05) is 48.4 Å². The van der Waals surface area contributed by atoms with Gasteiger partial charge in [0.1, 0.15) is 23.2 Å². The van der Waals surface area contributed by atoms with Crippen LogP contribution in [0.5, 0.6) is 5.75 Å². The van der Waals surface area contributed by atoms with Crippen LogP contribution in [0.2, 0.25) is 0 Å². The minimum atomic E-state index is -3.56. The number of carbonyl (C=O) groups is 2. The number of ether oxygens (including phenoxy) is 1. The topological polar surface area (TPSA) is 110 Å². The molecular formula is C41H48F5N5O4. The first-order valence-corrected chi connectivity index (χ1v) is 20.1. The fourth-order valence-electron chi connectivity index (χ4n) is 11.4. The molecular weight excluding hydrogens is 721 g/mol. The van der Waals surface area contributed by atoms with Crippen molar-refractivity contribution in [1.29, 1.82) is 0 Å². The minimum absolute atomic E-state index is 0.0119. The molecule has 0 unspecified atom stereocenters. The van der Waals surface area contributed by atoms with Gasteiger partial charge in [0.25, 0.3) is 17.8 Å². The van der Waals surface area contributed by atoms with Crippen LogP contribution >= 0.6 is 0 Å². The van der Waals surface area contributed by atoms with Crippen molar-refractivity contribution < 1.29 is 41.4 Å². The fraction of sp³-hybridized carbons (Fsp3) is 0.659. The number of amides is 1. The van der Waals surface area contributed by atoms with Gasteiger partial charge in [-0.3, -0.25) is 9.69 Å². The molecule has 0 spiro atoms. The Morgan fingerprint density at radius 3 is 2.16 bits per heavy atom. The summed E-state index contributed by atoms with van der Waals surface area (Å²) in [5, 5.41) is 14.0. The number of nitrogens with one attached hydrogen (secondary N) is 1. The number of hydrogen-bond donors (Lipinski definition) is 2. The largest absolute Gasteiger partial charge is 0.490 e. The van der Waals surface area contributed by atoms with Crippen LogP contribution in [0.1, 0.15) is 112 Å². The van der Waals surface area contributed by atoms with Gasteiger partial charge in [-0.05, 0) is 119 Å². The third kappa shape index (κ3) is 6.57. The molecule has 6 saturated carbocycles. The summed E-state index contributed by atoms with van der Waals surface area (Å²) in [5.74, 6) is -7.26. The highest BCUT2D eigenvalue weighted by Gasteiger charge is 2.62. The number of benzene rings is 1. The van der Waals surface area contributed by atoms with E-state index in [-0.39, 0.29) is 48.9 Å². The van der Waals surface area contributed by atoms with Crippen LogP contribution in [0, 0.1) is 23.7 Å². The molecule has 3 aromatic rings. The molecule has 6 aliphatic carbocycles. The summed E-state index contributed by atoms with van der Waals surface area (Å²) >= 11 is 0. The molecule has 1 saturated heterocycles. The maximum absolute atomic E-state index is 15.5. The van der Waals surface area contributed by atoms with Crippen LogP contribution in [0.3, 0.4) is 0 Å². The zero-order chi connectivity index (χ0) is 38.4. The molecule has 4 bridgehead atoms. The van der Waals surface area contributed by atoms with Gasteiger partial charge >= 0.3 is 5.97 Å². The van der Waals surface area contributed by atoms with Crippen molar-refractivity contribution in [3.05, 3.63) is 41.9 Å². The number of alkyl halides is 5. The van der Waals surface area contributed by atoms with Gasteiger partial charge in [0.15, 0.2) is 5.82 Å². The number of carboxylic acid groups (broad SMARTS) is 1. The zero-order valence-corrected chi connectivity index (χ0v) is 31.0. The minimum Gasteiger partial charge on any atom is -0.490 e. The van der Waals surface area contributed by atoms with Crippen molar-refractivity contribution in [2.45, 2.75) is 132 Å². The summed E-state index contributed by atoms with van der Waals surface area (Å²) in [6.07, 6.45) is 10.7. The average Bonchev–Trinajstić information content (AvgIpc) is 3.50. The monoisotopic (exact) mass is 769 g/mol. The lowest BCUT2D eigenvalue weighted by Crippen LogP contribution is -2.70. The van der Waals surface area contributed by atoms with Crippen molar-refractivity contribution >= 4 is 22.8 Å². The summed E-state index contributed by atoms with van der Waals surface area (Å²) in [6, 6.07) is 5.61. The van der Waals surface area contributed by atoms with Crippen LogP contribution in [0.15, 0.2) is 30.6 Å². The lowest BCUT2D eigenvalue weighted by molar-refractivity contribution is -0.163. The Morgan fingerprint density at radius 2 is 1.56 bits per heavy atom. The van der Waals surface area contributed by atoms with E-state index in [9.17, 15) is 27.9 Å². The summed E-state index contributed by atoms with van der Waals surface area (Å²) < 4.78 is 80.5. The number of carbonyl (C=O) groups excluding carboxylic acids is 1. The Kier molecular flexibility index (Phi) is 8.97. The lowest BCUT2D eigenvalue weighted by atomic mass is 9.48. The number of halogens is 5. The molecule has 2 aromatic heterocycles. The van der Waals surface area contributed by atoms with E-state index < -0.39 is 46.7 Å². The first-order chi connectivity index (χ1) is 26.2. The molecule has 3 heterocycles. The Balaban J connectivity index is 1.01. The van der Waals surface area contributed by atoms with Crippen molar-refractivity contribution in [2.24, 2.45) is 23.7 Å². The molecule has 7 aliphatic rings. The van der Waals surface area contributed by atoms with E-state index >= 15 is 8.78 Å². The number of aromatic nitrogens is 3. The highest BCUT2D eigenvalue weighted by Crippen LogP contribution is 2.58. The van der Waals surface area contributed by atoms with Gasteiger partial charge in [0.05, 0.1) is 30.3 Å². The second-order valence-electron chi connectivity index (χ2n) is 17.6. The molecule has 9 nitrogen and oxygen atoms in total. The van der Waals surface area contributed by atoms with E-state index in [4.69, 9.17) is 4.74 Å². The molecule has 7 fully saturated rings. The van der Waals surface area contributed by atoms with E-state index in [0.29, 0.717) is 86.8 Å². The third-order valence-corrected chi connectivity index (χ3v) is 13.9. The molecule has 2 N–H and O–H groups in total. The summed E-state index contributed by atoms with van der Waals surface area (Å²) in [5.41, 5.74) is -1.54. The molecule has 10 rings (SSSR count). The second-order valence-corrected chi connectivity index (χ2v) is 17.6. The van der Waals surface area contributed by atoms with Crippen LogP contribution in [-0.4, -0.2) is 79.3 Å². The molecule has 296 valence electrons. The fourth-order valence-corrected chi connectivity index (χ4v) is 11.4. The number of rotatable bonds is 9. The number of aliphatic carboxylic acids is 1. The third-order valence-electron chi connectivity index (χ3n) is 13.9. The number of carboxylic acids is 1. The second kappa shape index (κ2) is 13.4. The number of fused-ring (bicyclic) bond motifs is 1. The van der Waals surface area contributed by atoms with Crippen molar-refractivity contribution in [1.82, 2.24) is 24.8 Å². The van der Waals surface area contributed by atoms with Crippen molar-refractivity contribution in [2.75, 3.05) is 13.1 Å². The predicted molar refractivity (Wildman–Crippen MR) is 193 cm³/mol. The van der Waals surface area contributed by atoms with Gasteiger partial charge in [-0.25, -0.2) is 27.9 Å². The van der Waals surface area contributed by atoms with Crippen LogP contribution in [0.4, 0.5) is 22.0 Å². The Labute approximate surface area is 316 Å². The van der Waals surface area contributed by atoms with E-state index in [0.717, 1.165) is 43.8 Å². The maximum atomic E-state index is 15.5. The molecule has 0 radical (unpaired) electrons. The maximum Gasteiger partial charge on any atom is 0.330 e. The number of nitrogens with zero attached hydrogens (tertiary/aromatic N) is 4. The van der Waals surface area contributed by atoms with Gasteiger partial charge in [-0.15, -0.1) is 0 Å². The van der Waals surface area contributed by atoms with Crippen molar-refractivity contribution in [3.8, 4) is 17.1 Å². The van der Waals surface area contributed by atoms with Crippen LogP contribution < -0.4 is 10.1 Å². The summed E-state index contributed by atoms with van der Waals surface area (Å²) in [7, 11) is 0. The first kappa shape index (κ1) is 36.8. The number of likely N-dealkylation sites (tertiary alicyclic amines) is 1. The lowest BCUT2D eigenvalue weighted by Gasteiger charge is -2.59. The summed E-state index contributed by atoms with van der Waals surface area (Å²) in [6.45, 7) is 0.293. The Hall–Kier alpha value is -3.81. The van der Waals surface area contributed by atoms with Gasteiger partial charge in [-0.2, -0.15) is 8.78 Å². The van der Waals surface area contributed by atoms with Crippen LogP contribution in [-0.2, 0) is 10.7 Å². The molecule has 1 amide bonds. The van der Waals surface area contributed by atoms with E-state index in [1.807, 2.05) is 33.9 Å². The highest BCUT2D eigenvalue weighted by atomic mass is 19.3. The Bertz CT molecular complexity index is 1950. The van der Waals surface area contributed by atoms with E-state index in [2.05, 4.69) is 15.3 Å². The standard InChI is InChI=1S/C41H48F5N5O4/c1-39(43,44)35-32(37(52)49-41(38(53)54)24-13-22-12-23(15-24)16-25(41)14-22)18-47-36(48-35)33-19-51(28-4-2-26(42)3-5-28)34-17-30(10-11-31(33)34)55-29-8-6-27(7-9-29)50-20-40(45,46)21-50/h10-11,17-19,22-29H,2-9,12-16,20-21H2,1H3,(H,49,52)(H,53,54)/t22?,23?,24?,25?,26?,27-,28?,29-,41?. The normalized spacial score (nSPS) is 34.4. The summed E-state index contributed by atoms with van der Waals surface area (Å²) in [4.78, 5) is 37.5. The average molecular weight is 770 g/mol. The zero-order valence-electron chi connectivity index (χ0n) is 31.0. The molecule has 1 aromatic carbocycles. The Morgan fingerprint density at radius 1 is 0.927 bits per heavy atom. The SMILES string of the molecule is CC(F)(F)c1nc(-c2cn(C3CCC(F)CC3)c3cc(O[C@H]4CC[C@H](N5CC(F)(F)C5)CC4)ccc23)ncc1C(=O)NC1(C(=O)O)C2CC3CC(C2)CC1C3. The quantitative estimate of drug-likeness (QED) is 0.211. The van der Waals surface area contributed by atoms with Gasteiger partial charge < -0.3 is 19.7 Å². The number of hydrogen-bond acceptors (Lipinski definition) is 6. The van der Waals surface area contributed by atoms with Crippen LogP contribution in [0.25, 0.3) is 22.3 Å². The van der Waals surface area contributed by atoms with E-state index in [1.165, 1.54) is 0 Å². The molecule has 1 aliphatic heterocycles. The van der Waals surface area contributed by atoms with Crippen molar-refractivity contribution in [3.63, 3.8) is 0 Å². The predicted octanol–water partition coefficient (Wildman–Crippen LogP) is 8.31. The van der Waals surface area contributed by atoms with Gasteiger partial charge in [0.2, 0.25) is 0 Å². The highest BCUT2D eigenvalue weighted by molar-refractivity contribution is 6.00.